The Bertz CT molecular complexity index is 877. The van der Waals surface area contributed by atoms with Crippen molar-refractivity contribution in [3.05, 3.63) is 59.2 Å². The summed E-state index contributed by atoms with van der Waals surface area (Å²) in [6.07, 6.45) is 7.81. The normalized spacial score (nSPS) is 15.0. The Labute approximate surface area is 145 Å². The van der Waals surface area contributed by atoms with Gasteiger partial charge in [-0.15, -0.1) is 0 Å². The number of ether oxygens (including phenoxy) is 1. The molecule has 0 atom stereocenters. The van der Waals surface area contributed by atoms with Crippen molar-refractivity contribution in [2.24, 2.45) is 0 Å². The molecule has 0 amide bonds. The molecule has 0 N–H and O–H groups in total. The van der Waals surface area contributed by atoms with Crippen LogP contribution in [0.15, 0.2) is 48.7 Å². The van der Waals surface area contributed by atoms with Crippen LogP contribution in [0.5, 0.6) is 11.5 Å². The third-order valence-corrected chi connectivity index (χ3v) is 4.98. The lowest BCUT2D eigenvalue weighted by Gasteiger charge is -2.13. The second kappa shape index (κ2) is 6.33. The number of aldehydes is 1. The van der Waals surface area contributed by atoms with E-state index in [1.807, 2.05) is 36.5 Å². The molecule has 2 aromatic carbocycles. The zero-order valence-electron chi connectivity index (χ0n) is 13.2. The summed E-state index contributed by atoms with van der Waals surface area (Å²) in [7, 11) is 0. The van der Waals surface area contributed by atoms with E-state index in [1.165, 1.54) is 25.7 Å². The summed E-state index contributed by atoms with van der Waals surface area (Å²) < 4.78 is 8.15. The van der Waals surface area contributed by atoms with Gasteiger partial charge in [-0.2, -0.15) is 0 Å². The molecule has 0 saturated heterocycles. The third kappa shape index (κ3) is 2.80. The Morgan fingerprint density at radius 1 is 1.04 bits per heavy atom. The molecule has 24 heavy (non-hydrogen) atoms. The van der Waals surface area contributed by atoms with Gasteiger partial charge in [-0.1, -0.05) is 24.4 Å². The monoisotopic (exact) mass is 339 g/mol. The first kappa shape index (κ1) is 15.3. The van der Waals surface area contributed by atoms with Crippen LogP contribution < -0.4 is 4.74 Å². The maximum absolute atomic E-state index is 11.5. The number of nitrogens with zero attached hydrogens (tertiary/aromatic N) is 1. The summed E-state index contributed by atoms with van der Waals surface area (Å²) in [6.45, 7) is 0. The molecule has 0 aliphatic heterocycles. The number of aromatic nitrogens is 1. The molecular formula is C20H18ClNO2. The van der Waals surface area contributed by atoms with Gasteiger partial charge in [0.05, 0.1) is 0 Å². The van der Waals surface area contributed by atoms with Crippen LogP contribution in [-0.2, 0) is 0 Å². The summed E-state index contributed by atoms with van der Waals surface area (Å²) >= 11 is 5.90. The number of rotatable bonds is 4. The maximum atomic E-state index is 11.5. The molecule has 0 spiro atoms. The summed E-state index contributed by atoms with van der Waals surface area (Å²) in [6, 6.07) is 13.7. The maximum Gasteiger partial charge on any atom is 0.152 e. The average molecular weight is 340 g/mol. The first-order valence-corrected chi connectivity index (χ1v) is 8.65. The molecule has 1 heterocycles. The van der Waals surface area contributed by atoms with Gasteiger partial charge in [-0.05, 0) is 55.3 Å². The van der Waals surface area contributed by atoms with Crippen LogP contribution in [0, 0.1) is 0 Å². The van der Waals surface area contributed by atoms with Crippen molar-refractivity contribution in [1.29, 1.82) is 0 Å². The number of carbonyl (C=O) groups is 1. The summed E-state index contributed by atoms with van der Waals surface area (Å²) in [4.78, 5) is 11.5. The fourth-order valence-electron chi connectivity index (χ4n) is 3.54. The minimum Gasteiger partial charge on any atom is -0.457 e. The molecule has 1 aromatic heterocycles. The van der Waals surface area contributed by atoms with Crippen LogP contribution in [0.3, 0.4) is 0 Å². The number of hydrogen-bond donors (Lipinski definition) is 0. The van der Waals surface area contributed by atoms with Gasteiger partial charge in [0.2, 0.25) is 0 Å². The number of fused-ring (bicyclic) bond motifs is 1. The topological polar surface area (TPSA) is 31.2 Å². The summed E-state index contributed by atoms with van der Waals surface area (Å²) in [5.74, 6) is 1.44. The van der Waals surface area contributed by atoms with Gasteiger partial charge < -0.3 is 9.30 Å². The number of benzene rings is 2. The van der Waals surface area contributed by atoms with E-state index in [1.54, 1.807) is 12.1 Å². The van der Waals surface area contributed by atoms with Crippen molar-refractivity contribution in [3.8, 4) is 11.5 Å². The smallest absolute Gasteiger partial charge is 0.152 e. The quantitative estimate of drug-likeness (QED) is 0.544. The molecule has 0 bridgehead atoms. The van der Waals surface area contributed by atoms with Crippen LogP contribution in [0.2, 0.25) is 5.02 Å². The SMILES string of the molecule is O=Cc1cn(C2CCCC2)c2ccc(Oc3ccc(Cl)cc3)cc12. The molecule has 1 fully saturated rings. The Morgan fingerprint density at radius 3 is 2.46 bits per heavy atom. The zero-order chi connectivity index (χ0) is 16.5. The average Bonchev–Trinajstić information content (AvgIpc) is 3.24. The molecule has 122 valence electrons. The minimum absolute atomic E-state index is 0.504. The molecule has 0 radical (unpaired) electrons. The number of hydrogen-bond acceptors (Lipinski definition) is 2. The van der Waals surface area contributed by atoms with E-state index in [2.05, 4.69) is 4.57 Å². The Balaban J connectivity index is 1.71. The van der Waals surface area contributed by atoms with E-state index in [-0.39, 0.29) is 0 Å². The predicted octanol–water partition coefficient (Wildman–Crippen LogP) is 6.01. The van der Waals surface area contributed by atoms with Gasteiger partial charge in [-0.3, -0.25) is 4.79 Å². The highest BCUT2D eigenvalue weighted by Gasteiger charge is 2.20. The van der Waals surface area contributed by atoms with Crippen LogP contribution in [0.25, 0.3) is 10.9 Å². The predicted molar refractivity (Wildman–Crippen MR) is 96.4 cm³/mol. The van der Waals surface area contributed by atoms with E-state index < -0.39 is 0 Å². The fraction of sp³-hybridized carbons (Fsp3) is 0.250. The van der Waals surface area contributed by atoms with Crippen molar-refractivity contribution >= 4 is 28.8 Å². The van der Waals surface area contributed by atoms with Gasteiger partial charge in [0.1, 0.15) is 11.5 Å². The van der Waals surface area contributed by atoms with Crippen molar-refractivity contribution in [1.82, 2.24) is 4.57 Å². The molecule has 3 nitrogen and oxygen atoms in total. The number of halogens is 1. The zero-order valence-corrected chi connectivity index (χ0v) is 14.0. The van der Waals surface area contributed by atoms with Crippen LogP contribution in [0.1, 0.15) is 42.1 Å². The highest BCUT2D eigenvalue weighted by Crippen LogP contribution is 2.36. The largest absolute Gasteiger partial charge is 0.457 e. The lowest BCUT2D eigenvalue weighted by Crippen LogP contribution is -2.02. The molecule has 0 unspecified atom stereocenters. The summed E-state index contributed by atoms with van der Waals surface area (Å²) in [5.41, 5.74) is 1.82. The highest BCUT2D eigenvalue weighted by molar-refractivity contribution is 6.30. The Morgan fingerprint density at radius 2 is 1.75 bits per heavy atom. The second-order valence-electron chi connectivity index (χ2n) is 6.28. The molecule has 1 aliphatic rings. The molecule has 4 rings (SSSR count). The van der Waals surface area contributed by atoms with Crippen LogP contribution in [0.4, 0.5) is 0 Å². The van der Waals surface area contributed by atoms with E-state index in [4.69, 9.17) is 16.3 Å². The van der Waals surface area contributed by atoms with Crippen molar-refractivity contribution in [2.75, 3.05) is 0 Å². The van der Waals surface area contributed by atoms with Crippen molar-refractivity contribution < 1.29 is 9.53 Å². The van der Waals surface area contributed by atoms with E-state index in [0.717, 1.165) is 34.3 Å². The van der Waals surface area contributed by atoms with Gasteiger partial charge in [-0.25, -0.2) is 0 Å². The lowest BCUT2D eigenvalue weighted by molar-refractivity contribution is 0.112. The summed E-state index contributed by atoms with van der Waals surface area (Å²) in [5, 5.41) is 1.62. The van der Waals surface area contributed by atoms with Crippen molar-refractivity contribution in [2.45, 2.75) is 31.7 Å². The fourth-order valence-corrected chi connectivity index (χ4v) is 3.67. The van der Waals surface area contributed by atoms with E-state index in [9.17, 15) is 4.79 Å². The third-order valence-electron chi connectivity index (χ3n) is 4.73. The van der Waals surface area contributed by atoms with Gasteiger partial charge in [0, 0.05) is 33.7 Å². The molecule has 4 heteroatoms. The molecule has 1 saturated carbocycles. The van der Waals surface area contributed by atoms with Gasteiger partial charge in [0.15, 0.2) is 6.29 Å². The molecular weight excluding hydrogens is 322 g/mol. The Kier molecular flexibility index (Phi) is 4.03. The van der Waals surface area contributed by atoms with Gasteiger partial charge >= 0.3 is 0 Å². The molecule has 1 aliphatic carbocycles. The van der Waals surface area contributed by atoms with E-state index >= 15 is 0 Å². The van der Waals surface area contributed by atoms with Crippen LogP contribution in [-0.4, -0.2) is 10.9 Å². The van der Waals surface area contributed by atoms with E-state index in [0.29, 0.717) is 11.1 Å². The standard InChI is InChI=1S/C20H18ClNO2/c21-15-5-7-17(8-6-15)24-18-9-10-20-19(11-18)14(13-23)12-22(20)16-3-1-2-4-16/h5-13,16H,1-4H2. The second-order valence-corrected chi connectivity index (χ2v) is 6.72. The Hall–Kier alpha value is -2.26. The first-order chi connectivity index (χ1) is 11.7. The molecule has 3 aromatic rings. The highest BCUT2D eigenvalue weighted by atomic mass is 35.5. The minimum atomic E-state index is 0.504. The van der Waals surface area contributed by atoms with Gasteiger partial charge in [0.25, 0.3) is 0 Å². The number of carbonyl (C=O) groups excluding carboxylic acids is 1. The van der Waals surface area contributed by atoms with Crippen molar-refractivity contribution in [3.63, 3.8) is 0 Å². The lowest BCUT2D eigenvalue weighted by atomic mass is 10.2. The first-order valence-electron chi connectivity index (χ1n) is 8.28. The van der Waals surface area contributed by atoms with Crippen LogP contribution >= 0.6 is 11.6 Å².